The van der Waals surface area contributed by atoms with Crippen molar-refractivity contribution >= 4 is 23.9 Å². The average molecular weight is 466 g/mol. The van der Waals surface area contributed by atoms with Gasteiger partial charge in [-0.25, -0.2) is 19.4 Å². The number of benzene rings is 2. The Morgan fingerprint density at radius 3 is 2.24 bits per heavy atom. The highest BCUT2D eigenvalue weighted by Crippen LogP contribution is 2.28. The molecule has 4 rings (SSSR count). The summed E-state index contributed by atoms with van der Waals surface area (Å²) in [6, 6.07) is 13.5. The Balaban J connectivity index is 1.46. The molecular formula is C24H26N4O6. The van der Waals surface area contributed by atoms with E-state index in [1.165, 1.54) is 4.90 Å². The number of carbonyl (C=O) groups excluding carboxylic acids is 3. The summed E-state index contributed by atoms with van der Waals surface area (Å²) in [6.45, 7) is 3.68. The Morgan fingerprint density at radius 2 is 1.65 bits per heavy atom. The fourth-order valence-corrected chi connectivity index (χ4v) is 3.65. The number of hydrogen-bond acceptors (Lipinski definition) is 8. The van der Waals surface area contributed by atoms with Crippen molar-refractivity contribution in [3.05, 3.63) is 70.8 Å². The van der Waals surface area contributed by atoms with Crippen LogP contribution in [0.25, 0.3) is 0 Å². The van der Waals surface area contributed by atoms with E-state index in [1.807, 2.05) is 38.1 Å². The molecule has 3 atom stereocenters. The predicted molar refractivity (Wildman–Crippen MR) is 122 cm³/mol. The Morgan fingerprint density at radius 1 is 1.06 bits per heavy atom. The quantitative estimate of drug-likeness (QED) is 0.623. The van der Waals surface area contributed by atoms with Crippen molar-refractivity contribution in [2.24, 2.45) is 10.7 Å². The van der Waals surface area contributed by atoms with Crippen LogP contribution in [0.1, 0.15) is 38.3 Å². The summed E-state index contributed by atoms with van der Waals surface area (Å²) < 4.78 is 17.1. The number of rotatable bonds is 6. The van der Waals surface area contributed by atoms with Crippen LogP contribution in [0, 0.1) is 13.8 Å². The molecule has 2 amide bonds. The van der Waals surface area contributed by atoms with E-state index in [4.69, 9.17) is 19.9 Å². The molecule has 10 nitrogen and oxygen atoms in total. The van der Waals surface area contributed by atoms with Gasteiger partial charge in [0.1, 0.15) is 31.7 Å². The van der Waals surface area contributed by atoms with E-state index in [0.717, 1.165) is 11.1 Å². The largest absolute Gasteiger partial charge is 0.459 e. The lowest BCUT2D eigenvalue weighted by molar-refractivity contribution is -0.0715. The number of carbonyl (C=O) groups is 3. The van der Waals surface area contributed by atoms with Crippen molar-refractivity contribution in [3.63, 3.8) is 0 Å². The number of aliphatic imine (C=N–C) groups is 1. The number of amides is 2. The highest BCUT2D eigenvalue weighted by molar-refractivity contribution is 5.97. The molecule has 0 spiro atoms. The summed E-state index contributed by atoms with van der Waals surface area (Å²) in [5.41, 5.74) is 8.36. The van der Waals surface area contributed by atoms with E-state index >= 15 is 0 Å². The second kappa shape index (κ2) is 9.92. The number of esters is 2. The number of nitrogens with zero attached hydrogens (tertiary/aromatic N) is 2. The van der Waals surface area contributed by atoms with Crippen LogP contribution in [-0.4, -0.2) is 60.5 Å². The van der Waals surface area contributed by atoms with Crippen molar-refractivity contribution in [1.29, 1.82) is 0 Å². The predicted octanol–water partition coefficient (Wildman–Crippen LogP) is 2.10. The molecule has 0 bridgehead atoms. The standard InChI is InChI=1S/C24H26N4O6/c1-14-3-7-16(8-4-14)21(29)32-12-19-18(34-22(30)17-9-5-15(2)6-10-17)11-20(33-19)28-13-26-23(25)27-24(28)31/h3-10,18-20H,11-13H2,1-2H3,(H3,25,26,27,31)/t18?,19-,20+/m1/s1. The van der Waals surface area contributed by atoms with Crippen molar-refractivity contribution < 1.29 is 28.6 Å². The van der Waals surface area contributed by atoms with Gasteiger partial charge in [-0.3, -0.25) is 10.2 Å². The lowest BCUT2D eigenvalue weighted by atomic mass is 10.1. The van der Waals surface area contributed by atoms with Gasteiger partial charge >= 0.3 is 18.0 Å². The fourth-order valence-electron chi connectivity index (χ4n) is 3.65. The molecule has 2 aromatic carbocycles. The molecule has 2 aliphatic heterocycles. The van der Waals surface area contributed by atoms with Gasteiger partial charge in [-0.05, 0) is 38.1 Å². The summed E-state index contributed by atoms with van der Waals surface area (Å²) >= 11 is 0. The maximum absolute atomic E-state index is 12.7. The third kappa shape index (κ3) is 5.34. The van der Waals surface area contributed by atoms with Crippen LogP contribution in [0.3, 0.4) is 0 Å². The normalized spacial score (nSPS) is 22.1. The zero-order chi connectivity index (χ0) is 24.2. The van der Waals surface area contributed by atoms with E-state index in [1.54, 1.807) is 24.3 Å². The van der Waals surface area contributed by atoms with E-state index in [0.29, 0.717) is 11.1 Å². The van der Waals surface area contributed by atoms with Crippen molar-refractivity contribution in [3.8, 4) is 0 Å². The molecule has 34 heavy (non-hydrogen) atoms. The molecule has 1 unspecified atom stereocenters. The molecule has 10 heteroatoms. The van der Waals surface area contributed by atoms with E-state index < -0.39 is 36.4 Å². The minimum atomic E-state index is -0.773. The second-order valence-corrected chi connectivity index (χ2v) is 8.22. The molecule has 0 radical (unpaired) electrons. The molecule has 0 saturated carbocycles. The van der Waals surface area contributed by atoms with Crippen LogP contribution in [0.15, 0.2) is 53.5 Å². The molecule has 2 aliphatic rings. The van der Waals surface area contributed by atoms with Crippen LogP contribution in [-0.2, 0) is 14.2 Å². The van der Waals surface area contributed by atoms with Crippen LogP contribution in [0.4, 0.5) is 4.79 Å². The first kappa shape index (κ1) is 23.2. The summed E-state index contributed by atoms with van der Waals surface area (Å²) in [4.78, 5) is 42.9. The van der Waals surface area contributed by atoms with Gasteiger partial charge in [0, 0.05) is 6.42 Å². The van der Waals surface area contributed by atoms with Gasteiger partial charge in [0.25, 0.3) is 0 Å². The topological polar surface area (TPSA) is 133 Å². The van der Waals surface area contributed by atoms with E-state index in [2.05, 4.69) is 10.3 Å². The van der Waals surface area contributed by atoms with Gasteiger partial charge in [-0.15, -0.1) is 0 Å². The number of aryl methyl sites for hydroxylation is 2. The van der Waals surface area contributed by atoms with Crippen LogP contribution < -0.4 is 11.1 Å². The number of ether oxygens (including phenoxy) is 3. The zero-order valence-electron chi connectivity index (χ0n) is 18.9. The number of nitrogens with two attached hydrogens (primary N) is 1. The van der Waals surface area contributed by atoms with Crippen LogP contribution in [0.5, 0.6) is 0 Å². The number of urea groups is 1. The molecule has 1 fully saturated rings. The molecule has 1 saturated heterocycles. The van der Waals surface area contributed by atoms with Crippen molar-refractivity contribution in [2.45, 2.75) is 38.7 Å². The van der Waals surface area contributed by atoms with Crippen LogP contribution in [0.2, 0.25) is 0 Å². The van der Waals surface area contributed by atoms with Gasteiger partial charge in [0.05, 0.1) is 11.1 Å². The molecular weight excluding hydrogens is 440 g/mol. The van der Waals surface area contributed by atoms with E-state index in [-0.39, 0.29) is 25.7 Å². The summed E-state index contributed by atoms with van der Waals surface area (Å²) in [6.07, 6.45) is -2.08. The summed E-state index contributed by atoms with van der Waals surface area (Å²) in [7, 11) is 0. The average Bonchev–Trinajstić information content (AvgIpc) is 3.20. The van der Waals surface area contributed by atoms with Gasteiger partial charge in [-0.2, -0.15) is 0 Å². The monoisotopic (exact) mass is 466 g/mol. The SMILES string of the molecule is Cc1ccc(C(=O)OC[C@H]2O[C@H](N3CN=C(N)NC3=O)CC2OC(=O)c2ccc(C)cc2)cc1. The highest BCUT2D eigenvalue weighted by Gasteiger charge is 2.43. The molecule has 0 aromatic heterocycles. The van der Waals surface area contributed by atoms with Gasteiger partial charge in [0.2, 0.25) is 0 Å². The smallest absolute Gasteiger partial charge is 0.338 e. The third-order valence-electron chi connectivity index (χ3n) is 5.63. The van der Waals surface area contributed by atoms with Crippen molar-refractivity contribution in [2.75, 3.05) is 13.3 Å². The first-order valence-corrected chi connectivity index (χ1v) is 10.8. The first-order valence-electron chi connectivity index (χ1n) is 10.8. The Labute approximate surface area is 196 Å². The van der Waals surface area contributed by atoms with Gasteiger partial charge in [-0.1, -0.05) is 35.4 Å². The Bertz CT molecular complexity index is 1100. The molecule has 3 N–H and O–H groups in total. The lowest BCUT2D eigenvalue weighted by Gasteiger charge is -2.29. The summed E-state index contributed by atoms with van der Waals surface area (Å²) in [5, 5.41) is 2.43. The summed E-state index contributed by atoms with van der Waals surface area (Å²) in [5.74, 6) is -1.04. The highest BCUT2D eigenvalue weighted by atomic mass is 16.6. The maximum atomic E-state index is 12.7. The minimum absolute atomic E-state index is 0.00314. The maximum Gasteiger partial charge on any atom is 0.338 e. The second-order valence-electron chi connectivity index (χ2n) is 8.22. The third-order valence-corrected chi connectivity index (χ3v) is 5.63. The Hall–Kier alpha value is -3.92. The zero-order valence-corrected chi connectivity index (χ0v) is 18.9. The minimum Gasteiger partial charge on any atom is -0.459 e. The van der Waals surface area contributed by atoms with Gasteiger partial charge in [0.15, 0.2) is 5.96 Å². The lowest BCUT2D eigenvalue weighted by Crippen LogP contribution is -2.54. The number of guanidine groups is 1. The molecule has 178 valence electrons. The first-order chi connectivity index (χ1) is 16.3. The van der Waals surface area contributed by atoms with Crippen molar-refractivity contribution in [1.82, 2.24) is 10.2 Å². The van der Waals surface area contributed by atoms with Crippen LogP contribution >= 0.6 is 0 Å². The Kier molecular flexibility index (Phi) is 6.78. The van der Waals surface area contributed by atoms with E-state index in [9.17, 15) is 14.4 Å². The molecule has 2 heterocycles. The number of nitrogens with one attached hydrogen (secondary N) is 1. The fraction of sp³-hybridized carbons (Fsp3) is 0.333. The number of hydrogen-bond donors (Lipinski definition) is 2. The molecule has 0 aliphatic carbocycles. The van der Waals surface area contributed by atoms with Gasteiger partial charge < -0.3 is 19.9 Å². The molecule has 2 aromatic rings.